The quantitative estimate of drug-likeness (QED) is 0.874. The summed E-state index contributed by atoms with van der Waals surface area (Å²) in [4.78, 5) is 25.9. The molecule has 1 atom stereocenters. The van der Waals surface area contributed by atoms with Crippen LogP contribution in [0.15, 0.2) is 18.2 Å². The molecule has 0 radical (unpaired) electrons. The van der Waals surface area contributed by atoms with Gasteiger partial charge in [0.1, 0.15) is 0 Å². The van der Waals surface area contributed by atoms with Crippen LogP contribution < -0.4 is 10.6 Å². The highest BCUT2D eigenvalue weighted by atomic mass is 16.5. The minimum Gasteiger partial charge on any atom is -0.378 e. The second-order valence-electron chi connectivity index (χ2n) is 6.78. The molecule has 6 nitrogen and oxygen atoms in total. The molecule has 1 aromatic carbocycles. The number of nitrogens with zero attached hydrogens (tertiary/aromatic N) is 1. The summed E-state index contributed by atoms with van der Waals surface area (Å²) in [7, 11) is 0. The van der Waals surface area contributed by atoms with Crippen LogP contribution in [0.2, 0.25) is 0 Å². The summed E-state index contributed by atoms with van der Waals surface area (Å²) in [5.74, 6) is -0.0696. The van der Waals surface area contributed by atoms with Crippen LogP contribution >= 0.6 is 0 Å². The minimum atomic E-state index is -0.313. The highest BCUT2D eigenvalue weighted by Crippen LogP contribution is 2.24. The summed E-state index contributed by atoms with van der Waals surface area (Å²) < 4.78 is 5.22. The van der Waals surface area contributed by atoms with E-state index in [4.69, 9.17) is 4.74 Å². The number of hydrogen-bond acceptors (Lipinski definition) is 3. The second-order valence-corrected chi connectivity index (χ2v) is 6.78. The van der Waals surface area contributed by atoms with Crippen molar-refractivity contribution in [3.63, 3.8) is 0 Å². The number of hydrogen-bond donors (Lipinski definition) is 2. The molecule has 1 aliphatic carbocycles. The number of ether oxygens (including phenoxy) is 1. The number of fused-ring (bicyclic) bond motifs is 1. The van der Waals surface area contributed by atoms with Crippen LogP contribution in [0, 0.1) is 0 Å². The number of carbonyl (C=O) groups excluding carboxylic acids is 2. The molecular formula is C19H27N3O3. The second kappa shape index (κ2) is 8.34. The van der Waals surface area contributed by atoms with E-state index >= 15 is 0 Å². The first kappa shape index (κ1) is 17.7. The molecule has 0 bridgehead atoms. The summed E-state index contributed by atoms with van der Waals surface area (Å²) in [6, 6.07) is 6.08. The third kappa shape index (κ3) is 4.72. The molecule has 0 spiro atoms. The third-order valence-electron chi connectivity index (χ3n) is 4.98. The number of morpholine rings is 1. The first-order valence-electron chi connectivity index (χ1n) is 9.15. The molecule has 1 heterocycles. The molecule has 136 valence electrons. The van der Waals surface area contributed by atoms with Crippen molar-refractivity contribution < 1.29 is 14.3 Å². The minimum absolute atomic E-state index is 0.0166. The molecule has 25 heavy (non-hydrogen) atoms. The molecule has 0 saturated carbocycles. The summed E-state index contributed by atoms with van der Waals surface area (Å²) in [6.45, 7) is 4.29. The molecule has 1 aliphatic heterocycles. The maximum atomic E-state index is 12.1. The van der Waals surface area contributed by atoms with Gasteiger partial charge in [0.05, 0.1) is 25.8 Å². The number of amides is 3. The average Bonchev–Trinajstić information content (AvgIpc) is 2.66. The summed E-state index contributed by atoms with van der Waals surface area (Å²) in [5.41, 5.74) is 3.94. The fourth-order valence-corrected chi connectivity index (χ4v) is 3.43. The summed E-state index contributed by atoms with van der Waals surface area (Å²) in [5, 5.41) is 5.58. The Morgan fingerprint density at radius 3 is 2.64 bits per heavy atom. The van der Waals surface area contributed by atoms with Crippen LogP contribution in [0.4, 0.5) is 4.79 Å². The van der Waals surface area contributed by atoms with Crippen LogP contribution in [0.25, 0.3) is 0 Å². The SMILES string of the molecule is C[C@H](NC(=O)NCC(=O)N1CCOCC1)c1ccc2c(c1)CCCC2. The van der Waals surface area contributed by atoms with Crippen molar-refractivity contribution >= 4 is 11.9 Å². The molecule has 0 aromatic heterocycles. The monoisotopic (exact) mass is 345 g/mol. The number of urea groups is 1. The Labute approximate surface area is 148 Å². The van der Waals surface area contributed by atoms with Crippen molar-refractivity contribution in [2.75, 3.05) is 32.8 Å². The maximum Gasteiger partial charge on any atom is 0.315 e. The van der Waals surface area contributed by atoms with E-state index in [-0.39, 0.29) is 24.5 Å². The number of nitrogens with one attached hydrogen (secondary N) is 2. The van der Waals surface area contributed by atoms with Gasteiger partial charge in [-0.3, -0.25) is 4.79 Å². The molecule has 1 aromatic rings. The molecule has 3 rings (SSSR count). The fourth-order valence-electron chi connectivity index (χ4n) is 3.43. The largest absolute Gasteiger partial charge is 0.378 e. The molecular weight excluding hydrogens is 318 g/mol. The molecule has 0 unspecified atom stereocenters. The van der Waals surface area contributed by atoms with Crippen LogP contribution in [0.1, 0.15) is 42.5 Å². The van der Waals surface area contributed by atoms with Crippen LogP contribution in [0.5, 0.6) is 0 Å². The maximum absolute atomic E-state index is 12.1. The van der Waals surface area contributed by atoms with Gasteiger partial charge in [0.2, 0.25) is 5.91 Å². The number of aryl methyl sites for hydroxylation is 2. The predicted octanol–water partition coefficient (Wildman–Crippen LogP) is 1.78. The lowest BCUT2D eigenvalue weighted by Gasteiger charge is -2.27. The van der Waals surface area contributed by atoms with E-state index in [0.717, 1.165) is 18.4 Å². The van der Waals surface area contributed by atoms with E-state index < -0.39 is 0 Å². The molecule has 2 aliphatic rings. The number of benzene rings is 1. The Morgan fingerprint density at radius 2 is 1.88 bits per heavy atom. The van der Waals surface area contributed by atoms with E-state index in [0.29, 0.717) is 26.3 Å². The first-order valence-corrected chi connectivity index (χ1v) is 9.15. The first-order chi connectivity index (χ1) is 12.1. The van der Waals surface area contributed by atoms with E-state index in [1.54, 1.807) is 4.90 Å². The average molecular weight is 345 g/mol. The zero-order valence-electron chi connectivity index (χ0n) is 14.8. The molecule has 2 N–H and O–H groups in total. The van der Waals surface area contributed by atoms with Crippen molar-refractivity contribution in [2.45, 2.75) is 38.6 Å². The van der Waals surface area contributed by atoms with E-state index in [1.807, 2.05) is 6.92 Å². The van der Waals surface area contributed by atoms with Crippen LogP contribution in [-0.4, -0.2) is 49.7 Å². The van der Waals surface area contributed by atoms with Gasteiger partial charge in [-0.05, 0) is 49.3 Å². The third-order valence-corrected chi connectivity index (χ3v) is 4.98. The molecule has 6 heteroatoms. The topological polar surface area (TPSA) is 70.7 Å². The standard InChI is InChI=1S/C19H27N3O3/c1-14(16-7-6-15-4-2-3-5-17(15)12-16)21-19(24)20-13-18(23)22-8-10-25-11-9-22/h6-7,12,14H,2-5,8-11,13H2,1H3,(H2,20,21,24)/t14-/m0/s1. The fraction of sp³-hybridized carbons (Fsp3) is 0.579. The van der Waals surface area contributed by atoms with Crippen LogP contribution in [-0.2, 0) is 22.4 Å². The lowest BCUT2D eigenvalue weighted by Crippen LogP contribution is -2.47. The van der Waals surface area contributed by atoms with Gasteiger partial charge in [-0.2, -0.15) is 0 Å². The van der Waals surface area contributed by atoms with Gasteiger partial charge >= 0.3 is 6.03 Å². The van der Waals surface area contributed by atoms with Gasteiger partial charge in [0.15, 0.2) is 0 Å². The zero-order valence-corrected chi connectivity index (χ0v) is 14.8. The number of rotatable bonds is 4. The molecule has 1 fully saturated rings. The Balaban J connectivity index is 1.48. The summed E-state index contributed by atoms with van der Waals surface area (Å²) >= 11 is 0. The van der Waals surface area contributed by atoms with Crippen molar-refractivity contribution in [3.05, 3.63) is 34.9 Å². The Morgan fingerprint density at radius 1 is 1.16 bits per heavy atom. The Kier molecular flexibility index (Phi) is 5.91. The van der Waals surface area contributed by atoms with Gasteiger partial charge < -0.3 is 20.3 Å². The van der Waals surface area contributed by atoms with Crippen molar-refractivity contribution in [2.24, 2.45) is 0 Å². The van der Waals surface area contributed by atoms with E-state index in [2.05, 4.69) is 28.8 Å². The molecule has 1 saturated heterocycles. The zero-order chi connectivity index (χ0) is 17.6. The lowest BCUT2D eigenvalue weighted by molar-refractivity contribution is -0.134. The summed E-state index contributed by atoms with van der Waals surface area (Å²) in [6.07, 6.45) is 4.78. The number of carbonyl (C=O) groups is 2. The van der Waals surface area contributed by atoms with E-state index in [9.17, 15) is 9.59 Å². The Hall–Kier alpha value is -2.08. The highest BCUT2D eigenvalue weighted by Gasteiger charge is 2.18. The highest BCUT2D eigenvalue weighted by molar-refractivity contribution is 5.84. The van der Waals surface area contributed by atoms with Gasteiger partial charge in [0, 0.05) is 13.1 Å². The van der Waals surface area contributed by atoms with Crippen molar-refractivity contribution in [3.8, 4) is 0 Å². The van der Waals surface area contributed by atoms with Gasteiger partial charge in [-0.1, -0.05) is 18.2 Å². The van der Waals surface area contributed by atoms with Gasteiger partial charge in [-0.25, -0.2) is 4.79 Å². The molecule has 3 amide bonds. The van der Waals surface area contributed by atoms with Crippen molar-refractivity contribution in [1.82, 2.24) is 15.5 Å². The van der Waals surface area contributed by atoms with Gasteiger partial charge in [-0.15, -0.1) is 0 Å². The van der Waals surface area contributed by atoms with Crippen LogP contribution in [0.3, 0.4) is 0 Å². The van der Waals surface area contributed by atoms with Gasteiger partial charge in [0.25, 0.3) is 0 Å². The Bertz CT molecular complexity index is 626. The van der Waals surface area contributed by atoms with E-state index in [1.165, 1.54) is 24.0 Å². The predicted molar refractivity (Wildman–Crippen MR) is 95.4 cm³/mol. The van der Waals surface area contributed by atoms with Crippen molar-refractivity contribution in [1.29, 1.82) is 0 Å². The smallest absolute Gasteiger partial charge is 0.315 e. The lowest BCUT2D eigenvalue weighted by atomic mass is 9.89. The normalized spacial score (nSPS) is 18.2.